The van der Waals surface area contributed by atoms with Crippen LogP contribution in [-0.4, -0.2) is 25.1 Å². The van der Waals surface area contributed by atoms with Crippen LogP contribution in [0, 0.1) is 5.82 Å². The number of carbonyl (C=O) groups is 2. The molecule has 5 nitrogen and oxygen atoms in total. The van der Waals surface area contributed by atoms with Gasteiger partial charge in [0.2, 0.25) is 5.91 Å². The Hall–Kier alpha value is -2.89. The first-order valence-electron chi connectivity index (χ1n) is 10.9. The van der Waals surface area contributed by atoms with Crippen molar-refractivity contribution in [2.45, 2.75) is 63.9 Å². The lowest BCUT2D eigenvalue weighted by atomic mass is 9.68. The Morgan fingerprint density at radius 2 is 1.84 bits per heavy atom. The van der Waals surface area contributed by atoms with E-state index in [-0.39, 0.29) is 23.4 Å². The molecule has 3 rings (SSSR count). The van der Waals surface area contributed by atoms with Crippen LogP contribution in [0.4, 0.5) is 10.1 Å². The van der Waals surface area contributed by atoms with E-state index in [0.29, 0.717) is 29.8 Å². The molecule has 6 heteroatoms. The third-order valence-electron chi connectivity index (χ3n) is 6.08. The number of methoxy groups -OCH3 is 1. The Labute approximate surface area is 182 Å². The smallest absolute Gasteiger partial charge is 0.341 e. The van der Waals surface area contributed by atoms with Crippen LogP contribution in [0.3, 0.4) is 0 Å². The van der Waals surface area contributed by atoms with Gasteiger partial charge in [-0.3, -0.25) is 4.79 Å². The van der Waals surface area contributed by atoms with Crippen LogP contribution in [0.1, 0.15) is 68.3 Å². The number of rotatable bonds is 7. The third kappa shape index (κ3) is 4.89. The number of anilines is 1. The van der Waals surface area contributed by atoms with Gasteiger partial charge < -0.3 is 14.8 Å². The maximum absolute atomic E-state index is 14.7. The summed E-state index contributed by atoms with van der Waals surface area (Å²) in [6.07, 6.45) is 4.61. The van der Waals surface area contributed by atoms with E-state index in [9.17, 15) is 14.0 Å². The number of amides is 1. The summed E-state index contributed by atoms with van der Waals surface area (Å²) < 4.78 is 25.4. The van der Waals surface area contributed by atoms with Gasteiger partial charge in [0.1, 0.15) is 17.1 Å². The van der Waals surface area contributed by atoms with E-state index < -0.39 is 11.4 Å². The van der Waals surface area contributed by atoms with Crippen molar-refractivity contribution in [2.24, 2.45) is 0 Å². The zero-order chi connectivity index (χ0) is 22.4. The molecule has 1 N–H and O–H groups in total. The lowest BCUT2D eigenvalue weighted by Crippen LogP contribution is -2.42. The molecule has 2 aromatic carbocycles. The average Bonchev–Trinajstić information content (AvgIpc) is 2.80. The Morgan fingerprint density at radius 3 is 2.48 bits per heavy atom. The quantitative estimate of drug-likeness (QED) is 0.582. The van der Waals surface area contributed by atoms with E-state index in [1.165, 1.54) is 13.2 Å². The summed E-state index contributed by atoms with van der Waals surface area (Å²) in [7, 11) is 1.30. The van der Waals surface area contributed by atoms with Gasteiger partial charge in [-0.15, -0.1) is 0 Å². The van der Waals surface area contributed by atoms with Gasteiger partial charge in [-0.1, -0.05) is 44.4 Å². The molecule has 1 aliphatic carbocycles. The molecule has 31 heavy (non-hydrogen) atoms. The second-order valence-corrected chi connectivity index (χ2v) is 8.12. The van der Waals surface area contributed by atoms with Crippen molar-refractivity contribution >= 4 is 17.6 Å². The van der Waals surface area contributed by atoms with Crippen LogP contribution in [-0.2, 0) is 14.9 Å². The molecule has 0 radical (unpaired) electrons. The zero-order valence-corrected chi connectivity index (χ0v) is 18.4. The molecule has 0 unspecified atom stereocenters. The van der Waals surface area contributed by atoms with Crippen molar-refractivity contribution in [1.29, 1.82) is 0 Å². The number of hydrogen-bond acceptors (Lipinski definition) is 4. The number of halogens is 1. The molecule has 0 aromatic heterocycles. The van der Waals surface area contributed by atoms with E-state index in [2.05, 4.69) is 5.32 Å². The third-order valence-corrected chi connectivity index (χ3v) is 6.08. The fourth-order valence-electron chi connectivity index (χ4n) is 4.15. The molecule has 1 aliphatic rings. The van der Waals surface area contributed by atoms with Gasteiger partial charge in [0.25, 0.3) is 0 Å². The van der Waals surface area contributed by atoms with Crippen molar-refractivity contribution in [1.82, 2.24) is 0 Å². The predicted molar refractivity (Wildman–Crippen MR) is 118 cm³/mol. The van der Waals surface area contributed by atoms with Gasteiger partial charge in [0.05, 0.1) is 18.6 Å². The number of hydrogen-bond donors (Lipinski definition) is 1. The van der Waals surface area contributed by atoms with E-state index >= 15 is 0 Å². The first kappa shape index (κ1) is 22.8. The van der Waals surface area contributed by atoms with Crippen molar-refractivity contribution in [2.75, 3.05) is 12.4 Å². The zero-order valence-electron chi connectivity index (χ0n) is 18.4. The normalized spacial score (nSPS) is 16.3. The van der Waals surface area contributed by atoms with E-state index in [4.69, 9.17) is 9.47 Å². The number of benzene rings is 2. The topological polar surface area (TPSA) is 64.6 Å². The van der Waals surface area contributed by atoms with Crippen LogP contribution < -0.4 is 10.1 Å². The van der Waals surface area contributed by atoms with Crippen molar-refractivity contribution < 1.29 is 23.5 Å². The largest absolute Gasteiger partial charge is 0.490 e. The van der Waals surface area contributed by atoms with Gasteiger partial charge in [0, 0.05) is 11.3 Å². The number of nitrogens with one attached hydrogen (secondary N) is 1. The molecule has 0 heterocycles. The minimum atomic E-state index is -0.930. The molecule has 2 aromatic rings. The first-order chi connectivity index (χ1) is 14.9. The molecular weight excluding hydrogens is 397 g/mol. The van der Waals surface area contributed by atoms with E-state index in [1.807, 2.05) is 13.8 Å². The summed E-state index contributed by atoms with van der Waals surface area (Å²) >= 11 is 0. The van der Waals surface area contributed by atoms with Crippen LogP contribution >= 0.6 is 0 Å². The minimum absolute atomic E-state index is 0.0737. The fourth-order valence-corrected chi connectivity index (χ4v) is 4.15. The number of carbonyl (C=O) groups excluding carboxylic acids is 2. The highest BCUT2D eigenvalue weighted by Crippen LogP contribution is 2.41. The Kier molecular flexibility index (Phi) is 7.31. The predicted octanol–water partition coefficient (Wildman–Crippen LogP) is 5.63. The number of esters is 1. The summed E-state index contributed by atoms with van der Waals surface area (Å²) in [6, 6.07) is 11.4. The molecule has 0 aliphatic heterocycles. The second kappa shape index (κ2) is 9.94. The van der Waals surface area contributed by atoms with E-state index in [0.717, 1.165) is 25.7 Å². The molecule has 1 atom stereocenters. The average molecular weight is 428 g/mol. The van der Waals surface area contributed by atoms with Gasteiger partial charge in [-0.25, -0.2) is 9.18 Å². The Morgan fingerprint density at radius 1 is 1.13 bits per heavy atom. The minimum Gasteiger partial charge on any atom is -0.490 e. The van der Waals surface area contributed by atoms with Gasteiger partial charge >= 0.3 is 5.97 Å². The summed E-state index contributed by atoms with van der Waals surface area (Å²) in [6.45, 7) is 3.90. The molecule has 0 bridgehead atoms. The van der Waals surface area contributed by atoms with E-state index in [1.54, 1.807) is 36.4 Å². The molecule has 1 fully saturated rings. The highest BCUT2D eigenvalue weighted by molar-refractivity contribution is 6.01. The highest BCUT2D eigenvalue weighted by Gasteiger charge is 2.43. The maximum atomic E-state index is 14.7. The molecular formula is C25H30FNO4. The lowest BCUT2D eigenvalue weighted by Gasteiger charge is -2.36. The molecule has 166 valence electrons. The summed E-state index contributed by atoms with van der Waals surface area (Å²) in [5.74, 6) is -0.771. The fraction of sp³-hybridized carbons (Fsp3) is 0.440. The van der Waals surface area contributed by atoms with Crippen LogP contribution in [0.15, 0.2) is 42.5 Å². The number of ether oxygens (including phenoxy) is 2. The Bertz CT molecular complexity index is 937. The maximum Gasteiger partial charge on any atom is 0.341 e. The van der Waals surface area contributed by atoms with Crippen LogP contribution in [0.5, 0.6) is 5.75 Å². The standard InChI is InChI=1S/C25H30FNO4/c1-4-17(2)31-22-13-12-18(16-19(22)23(28)30-3)27-24(29)25(14-8-5-9-15-25)20-10-6-7-11-21(20)26/h6-7,10-13,16-17H,4-5,8-9,14-15H2,1-3H3,(H,27,29)/t17-/m1/s1. The van der Waals surface area contributed by atoms with Crippen LogP contribution in [0.25, 0.3) is 0 Å². The summed E-state index contributed by atoms with van der Waals surface area (Å²) in [5.41, 5.74) is 0.186. The molecule has 1 amide bonds. The second-order valence-electron chi connectivity index (χ2n) is 8.12. The SMILES string of the molecule is CC[C@@H](C)Oc1ccc(NC(=O)C2(c3ccccc3F)CCCCC2)cc1C(=O)OC. The van der Waals surface area contributed by atoms with Crippen molar-refractivity contribution in [3.05, 3.63) is 59.4 Å². The molecule has 1 saturated carbocycles. The monoisotopic (exact) mass is 427 g/mol. The van der Waals surface area contributed by atoms with Gasteiger partial charge in [-0.05, 0) is 50.5 Å². The van der Waals surface area contributed by atoms with Gasteiger partial charge in [0.15, 0.2) is 0 Å². The first-order valence-corrected chi connectivity index (χ1v) is 10.9. The highest BCUT2D eigenvalue weighted by atomic mass is 19.1. The molecule has 0 spiro atoms. The summed E-state index contributed by atoms with van der Waals surface area (Å²) in [4.78, 5) is 25.8. The Balaban J connectivity index is 1.93. The van der Waals surface area contributed by atoms with Gasteiger partial charge in [-0.2, -0.15) is 0 Å². The van der Waals surface area contributed by atoms with Crippen molar-refractivity contribution in [3.63, 3.8) is 0 Å². The molecule has 0 saturated heterocycles. The van der Waals surface area contributed by atoms with Crippen molar-refractivity contribution in [3.8, 4) is 5.75 Å². The summed E-state index contributed by atoms with van der Waals surface area (Å²) in [5, 5.41) is 2.92. The lowest BCUT2D eigenvalue weighted by molar-refractivity contribution is -0.122. The van der Waals surface area contributed by atoms with Crippen LogP contribution in [0.2, 0.25) is 0 Å².